The van der Waals surface area contributed by atoms with Crippen molar-refractivity contribution in [2.45, 2.75) is 18.9 Å². The van der Waals surface area contributed by atoms with Crippen molar-refractivity contribution in [1.29, 1.82) is 0 Å². The van der Waals surface area contributed by atoms with Gasteiger partial charge in [-0.1, -0.05) is 0 Å². The predicted molar refractivity (Wildman–Crippen MR) is 72.8 cm³/mol. The van der Waals surface area contributed by atoms with E-state index in [-0.39, 0.29) is 18.7 Å². The third kappa shape index (κ3) is 6.60. The standard InChI is InChI=1S/C12H18N2O5S/c1-19-11(8-12(15)16)9-14-20(17,18)7-4-10-2-5-13-6-3-10/h2-3,5-6,11,14H,4,7-9H2,1H3,(H,15,16). The molecule has 20 heavy (non-hydrogen) atoms. The highest BCUT2D eigenvalue weighted by molar-refractivity contribution is 7.89. The highest BCUT2D eigenvalue weighted by Gasteiger charge is 2.16. The Kier molecular flexibility index (Phi) is 6.56. The Labute approximate surface area is 118 Å². The van der Waals surface area contributed by atoms with Gasteiger partial charge in [-0.05, 0) is 24.1 Å². The third-order valence-corrected chi connectivity index (χ3v) is 4.02. The van der Waals surface area contributed by atoms with Gasteiger partial charge in [-0.15, -0.1) is 0 Å². The van der Waals surface area contributed by atoms with Gasteiger partial charge in [0.1, 0.15) is 0 Å². The van der Waals surface area contributed by atoms with E-state index in [2.05, 4.69) is 9.71 Å². The van der Waals surface area contributed by atoms with Gasteiger partial charge in [-0.25, -0.2) is 13.1 Å². The lowest BCUT2D eigenvalue weighted by atomic mass is 10.2. The first-order valence-corrected chi connectivity index (χ1v) is 7.69. The zero-order chi connectivity index (χ0) is 15.0. The summed E-state index contributed by atoms with van der Waals surface area (Å²) in [7, 11) is -2.12. The highest BCUT2D eigenvalue weighted by Crippen LogP contribution is 2.01. The average Bonchev–Trinajstić information content (AvgIpc) is 2.42. The van der Waals surface area contributed by atoms with Crippen LogP contribution in [0.3, 0.4) is 0 Å². The molecule has 1 heterocycles. The molecule has 0 aliphatic heterocycles. The van der Waals surface area contributed by atoms with E-state index in [0.717, 1.165) is 5.56 Å². The number of aryl methyl sites for hydroxylation is 1. The van der Waals surface area contributed by atoms with Gasteiger partial charge < -0.3 is 9.84 Å². The second-order valence-electron chi connectivity index (χ2n) is 4.23. The van der Waals surface area contributed by atoms with Gasteiger partial charge in [0.2, 0.25) is 10.0 Å². The van der Waals surface area contributed by atoms with Gasteiger partial charge in [0, 0.05) is 26.0 Å². The van der Waals surface area contributed by atoms with Crippen LogP contribution in [0.25, 0.3) is 0 Å². The molecule has 0 spiro atoms. The quantitative estimate of drug-likeness (QED) is 0.667. The van der Waals surface area contributed by atoms with Crippen molar-refractivity contribution in [2.75, 3.05) is 19.4 Å². The molecule has 0 radical (unpaired) electrons. The molecule has 1 aromatic rings. The largest absolute Gasteiger partial charge is 0.481 e. The molecule has 112 valence electrons. The Hall–Kier alpha value is -1.51. The predicted octanol–water partition coefficient (Wildman–Crippen LogP) is 0.0332. The minimum Gasteiger partial charge on any atom is -0.481 e. The van der Waals surface area contributed by atoms with Crippen molar-refractivity contribution < 1.29 is 23.1 Å². The highest BCUT2D eigenvalue weighted by atomic mass is 32.2. The first-order chi connectivity index (χ1) is 9.43. The summed E-state index contributed by atoms with van der Waals surface area (Å²) >= 11 is 0. The fourth-order valence-electron chi connectivity index (χ4n) is 1.53. The lowest BCUT2D eigenvalue weighted by Gasteiger charge is -2.14. The van der Waals surface area contributed by atoms with E-state index in [1.54, 1.807) is 24.5 Å². The normalized spacial score (nSPS) is 13.1. The molecule has 0 aliphatic carbocycles. The number of hydrogen-bond acceptors (Lipinski definition) is 5. The summed E-state index contributed by atoms with van der Waals surface area (Å²) in [6.07, 6.45) is 2.65. The molecule has 2 N–H and O–H groups in total. The fraction of sp³-hybridized carbons (Fsp3) is 0.500. The Balaban J connectivity index is 2.43. The van der Waals surface area contributed by atoms with Gasteiger partial charge in [-0.2, -0.15) is 0 Å². The number of rotatable bonds is 9. The van der Waals surface area contributed by atoms with E-state index >= 15 is 0 Å². The van der Waals surface area contributed by atoms with Crippen molar-refractivity contribution in [3.63, 3.8) is 0 Å². The molecule has 0 saturated heterocycles. The van der Waals surface area contributed by atoms with Crippen LogP contribution in [0.5, 0.6) is 0 Å². The maximum absolute atomic E-state index is 11.8. The van der Waals surface area contributed by atoms with E-state index in [9.17, 15) is 13.2 Å². The number of nitrogens with zero attached hydrogens (tertiary/aromatic N) is 1. The molecule has 1 atom stereocenters. The van der Waals surface area contributed by atoms with Crippen molar-refractivity contribution in [3.8, 4) is 0 Å². The Morgan fingerprint density at radius 1 is 1.45 bits per heavy atom. The number of aromatic nitrogens is 1. The Morgan fingerprint density at radius 2 is 2.10 bits per heavy atom. The topological polar surface area (TPSA) is 106 Å². The molecule has 0 aromatic carbocycles. The number of pyridine rings is 1. The van der Waals surface area contributed by atoms with Gasteiger partial charge in [0.25, 0.3) is 0 Å². The van der Waals surface area contributed by atoms with E-state index in [1.807, 2.05) is 0 Å². The van der Waals surface area contributed by atoms with E-state index in [4.69, 9.17) is 9.84 Å². The van der Waals surface area contributed by atoms with Crippen molar-refractivity contribution in [2.24, 2.45) is 0 Å². The zero-order valence-electron chi connectivity index (χ0n) is 11.2. The van der Waals surface area contributed by atoms with Crippen LogP contribution in [-0.4, -0.2) is 50.0 Å². The number of methoxy groups -OCH3 is 1. The van der Waals surface area contributed by atoms with Crippen LogP contribution < -0.4 is 4.72 Å². The summed E-state index contributed by atoms with van der Waals surface area (Å²) in [6, 6.07) is 3.50. The molecule has 0 amide bonds. The summed E-state index contributed by atoms with van der Waals surface area (Å²) in [5.74, 6) is -1.10. The number of hydrogen-bond donors (Lipinski definition) is 2. The number of carboxylic acid groups (broad SMARTS) is 1. The molecule has 7 nitrogen and oxygen atoms in total. The maximum atomic E-state index is 11.8. The summed E-state index contributed by atoms with van der Waals surface area (Å²) in [6.45, 7) is -0.0541. The first kappa shape index (κ1) is 16.5. The van der Waals surface area contributed by atoms with Gasteiger partial charge >= 0.3 is 5.97 Å². The summed E-state index contributed by atoms with van der Waals surface area (Å²) in [5, 5.41) is 8.63. The number of aliphatic carboxylic acids is 1. The monoisotopic (exact) mass is 302 g/mol. The Bertz CT molecular complexity index is 518. The third-order valence-electron chi connectivity index (χ3n) is 2.68. The molecular formula is C12H18N2O5S. The zero-order valence-corrected chi connectivity index (χ0v) is 12.0. The molecule has 0 bridgehead atoms. The van der Waals surface area contributed by atoms with Crippen LogP contribution in [0.15, 0.2) is 24.5 Å². The van der Waals surface area contributed by atoms with Crippen LogP contribution in [0.4, 0.5) is 0 Å². The fourth-order valence-corrected chi connectivity index (χ4v) is 2.62. The molecule has 0 aliphatic rings. The summed E-state index contributed by atoms with van der Waals surface area (Å²) in [4.78, 5) is 14.4. The molecule has 1 aromatic heterocycles. The van der Waals surface area contributed by atoms with Crippen molar-refractivity contribution in [3.05, 3.63) is 30.1 Å². The van der Waals surface area contributed by atoms with E-state index in [0.29, 0.717) is 6.42 Å². The molecule has 1 unspecified atom stereocenters. The van der Waals surface area contributed by atoms with Crippen LogP contribution in [0, 0.1) is 0 Å². The van der Waals surface area contributed by atoms with Crippen LogP contribution in [0.1, 0.15) is 12.0 Å². The van der Waals surface area contributed by atoms with Crippen LogP contribution >= 0.6 is 0 Å². The minimum atomic E-state index is -3.46. The smallest absolute Gasteiger partial charge is 0.306 e. The average molecular weight is 302 g/mol. The number of carbonyl (C=O) groups is 1. The van der Waals surface area contributed by atoms with Gasteiger partial charge in [0.05, 0.1) is 18.3 Å². The summed E-state index contributed by atoms with van der Waals surface area (Å²) in [5.41, 5.74) is 0.874. The lowest BCUT2D eigenvalue weighted by molar-refractivity contribution is -0.139. The second-order valence-corrected chi connectivity index (χ2v) is 6.15. The molecule has 1 rings (SSSR count). The lowest BCUT2D eigenvalue weighted by Crippen LogP contribution is -2.36. The number of nitrogens with one attached hydrogen (secondary N) is 1. The SMILES string of the molecule is COC(CNS(=O)(=O)CCc1ccncc1)CC(=O)O. The molecular weight excluding hydrogens is 284 g/mol. The maximum Gasteiger partial charge on any atom is 0.306 e. The van der Waals surface area contributed by atoms with E-state index < -0.39 is 22.1 Å². The van der Waals surface area contributed by atoms with Crippen LogP contribution in [-0.2, 0) is 26.0 Å². The second kappa shape index (κ2) is 7.93. The van der Waals surface area contributed by atoms with E-state index in [1.165, 1.54) is 7.11 Å². The van der Waals surface area contributed by atoms with Crippen molar-refractivity contribution >= 4 is 16.0 Å². The number of sulfonamides is 1. The van der Waals surface area contributed by atoms with Crippen molar-refractivity contribution in [1.82, 2.24) is 9.71 Å². The van der Waals surface area contributed by atoms with Crippen LogP contribution in [0.2, 0.25) is 0 Å². The number of carboxylic acids is 1. The Morgan fingerprint density at radius 3 is 2.65 bits per heavy atom. The first-order valence-electron chi connectivity index (χ1n) is 6.04. The molecule has 0 saturated carbocycles. The molecule has 8 heteroatoms. The van der Waals surface area contributed by atoms with Gasteiger partial charge in [0.15, 0.2) is 0 Å². The minimum absolute atomic E-state index is 0.0541. The number of ether oxygens (including phenoxy) is 1. The van der Waals surface area contributed by atoms with Gasteiger partial charge in [-0.3, -0.25) is 9.78 Å². The summed E-state index contributed by atoms with van der Waals surface area (Å²) < 4.78 is 30.8. The molecule has 0 fully saturated rings.